The topological polar surface area (TPSA) is 90.3 Å². The van der Waals surface area contributed by atoms with Crippen LogP contribution < -0.4 is 5.32 Å². The Morgan fingerprint density at radius 1 is 1.22 bits per heavy atom. The average molecular weight is 374 g/mol. The lowest BCUT2D eigenvalue weighted by Gasteiger charge is -2.24. The van der Waals surface area contributed by atoms with E-state index >= 15 is 0 Å². The maximum absolute atomic E-state index is 12.3. The summed E-state index contributed by atoms with van der Waals surface area (Å²) in [5.41, 5.74) is 4.40. The van der Waals surface area contributed by atoms with Gasteiger partial charge < -0.3 is 15.8 Å². The Labute approximate surface area is 159 Å². The van der Waals surface area contributed by atoms with Crippen LogP contribution in [0.5, 0.6) is 0 Å². The number of halogens is 1. The quantitative estimate of drug-likeness (QED) is 0.681. The third-order valence-corrected chi connectivity index (χ3v) is 4.60. The number of aryl methyl sites for hydroxylation is 1. The number of carbonyl (C=O) groups is 2. The number of anilines is 1. The predicted molar refractivity (Wildman–Crippen MR) is 106 cm³/mol. The zero-order chi connectivity index (χ0) is 19.8. The number of hydrogen-bond donors (Lipinski definition) is 3. The first-order chi connectivity index (χ1) is 13.0. The van der Waals surface area contributed by atoms with E-state index in [1.54, 1.807) is 24.3 Å². The lowest BCUT2D eigenvalue weighted by Crippen LogP contribution is -2.18. The molecule has 27 heavy (non-hydrogen) atoms. The lowest BCUT2D eigenvalue weighted by atomic mass is 9.82. The molecule has 3 N–H and O–H groups in total. The van der Waals surface area contributed by atoms with E-state index in [1.165, 1.54) is 17.3 Å². The van der Waals surface area contributed by atoms with Gasteiger partial charge in [-0.3, -0.25) is 14.3 Å². The zero-order valence-electron chi connectivity index (χ0n) is 15.2. The van der Waals surface area contributed by atoms with Crippen molar-refractivity contribution >= 4 is 23.8 Å². The third-order valence-electron chi connectivity index (χ3n) is 4.60. The number of fused-ring (bicyclic) bond motifs is 1. The molecule has 2 aromatic rings. The van der Waals surface area contributed by atoms with Crippen LogP contribution in [0.3, 0.4) is 0 Å². The van der Waals surface area contributed by atoms with E-state index in [0.29, 0.717) is 5.56 Å². The van der Waals surface area contributed by atoms with Crippen molar-refractivity contribution in [1.82, 2.24) is 0 Å². The number of hydrogen-bond acceptors (Lipinski definition) is 3. The lowest BCUT2D eigenvalue weighted by molar-refractivity contribution is -0.138. The molecule has 0 fully saturated rings. The number of carboxylic acids is 1. The van der Waals surface area contributed by atoms with Crippen LogP contribution in [0.1, 0.15) is 47.3 Å². The van der Waals surface area contributed by atoms with E-state index in [1.807, 2.05) is 18.2 Å². The van der Waals surface area contributed by atoms with Crippen LogP contribution in [-0.2, 0) is 17.6 Å². The Morgan fingerprint density at radius 2 is 1.93 bits per heavy atom. The number of nitrogens with one attached hydrogen (secondary N) is 2. The highest BCUT2D eigenvalue weighted by Gasteiger charge is 2.21. The Kier molecular flexibility index (Phi) is 7.23. The molecule has 1 aliphatic rings. The predicted octanol–water partition coefficient (Wildman–Crippen LogP) is 4.30. The van der Waals surface area contributed by atoms with Crippen molar-refractivity contribution in [2.75, 3.05) is 5.32 Å². The molecule has 0 radical (unpaired) electrons. The Bertz CT molecular complexity index is 825. The minimum absolute atomic E-state index is 0. The van der Waals surface area contributed by atoms with Crippen molar-refractivity contribution in [1.29, 1.82) is 6.86 Å². The first-order valence-electron chi connectivity index (χ1n) is 8.68. The van der Waals surface area contributed by atoms with Gasteiger partial charge in [0.05, 0.1) is 0 Å². The second-order valence-electron chi connectivity index (χ2n) is 6.41. The molecule has 2 aromatic carbocycles. The summed E-state index contributed by atoms with van der Waals surface area (Å²) in [6.07, 6.45) is 3.93. The standard InChI is InChI=1S/C20H20N2O3.CH4.FH/c21-12-13-1-4-15(5-2-13)20(25)22-18-8-7-16-9-14(10-19(23)24)3-6-17(16)11-18;;/h1-2,4-5,7-8,11-12,14,21H,3,6,9-10H2,(H,22,25)(H,23,24);1H4;1H/i/hT. The fourth-order valence-electron chi connectivity index (χ4n) is 3.26. The van der Waals surface area contributed by atoms with E-state index < -0.39 is 5.97 Å². The van der Waals surface area contributed by atoms with Crippen molar-refractivity contribution in [3.05, 3.63) is 64.7 Å². The molecule has 6 heteroatoms. The summed E-state index contributed by atoms with van der Waals surface area (Å²) in [5, 5.41) is 19.0. The normalized spacial score (nSPS) is 15.0. The van der Waals surface area contributed by atoms with Gasteiger partial charge in [0.2, 0.25) is 0 Å². The minimum Gasteiger partial charge on any atom is -0.481 e. The molecule has 0 bridgehead atoms. The Hall–Kier alpha value is -3.02. The van der Waals surface area contributed by atoms with E-state index in [2.05, 4.69) is 6.77 Å². The Balaban J connectivity index is 0.00000127. The third kappa shape index (κ3) is 5.48. The van der Waals surface area contributed by atoms with Crippen molar-refractivity contribution in [3.63, 3.8) is 0 Å². The number of benzene rings is 2. The van der Waals surface area contributed by atoms with Crippen LogP contribution in [0.2, 0.25) is 0 Å². The molecule has 0 heterocycles. The zero-order valence-corrected chi connectivity index (χ0v) is 14.2. The van der Waals surface area contributed by atoms with Gasteiger partial charge in [0.1, 0.15) is 0 Å². The van der Waals surface area contributed by atoms with Crippen LogP contribution in [-0.4, -0.2) is 24.6 Å². The largest absolute Gasteiger partial charge is 0.481 e. The van der Waals surface area contributed by atoms with Crippen LogP contribution >= 0.6 is 0 Å². The maximum Gasteiger partial charge on any atom is 0.303 e. The van der Waals surface area contributed by atoms with Crippen molar-refractivity contribution in [3.8, 4) is 0 Å². The molecule has 1 aliphatic carbocycles. The van der Waals surface area contributed by atoms with Crippen molar-refractivity contribution in [2.24, 2.45) is 5.92 Å². The second-order valence-corrected chi connectivity index (χ2v) is 6.41. The molecule has 0 spiro atoms. The smallest absolute Gasteiger partial charge is 0.303 e. The van der Waals surface area contributed by atoms with Crippen LogP contribution in [0.25, 0.3) is 0 Å². The average Bonchev–Trinajstić information content (AvgIpc) is 2.69. The molecule has 1 atom stereocenters. The molecule has 1 unspecified atom stereocenters. The molecule has 3 rings (SSSR count). The molecule has 0 saturated heterocycles. The molecule has 5 nitrogen and oxygen atoms in total. The summed E-state index contributed by atoms with van der Waals surface area (Å²) >= 11 is 0. The molecule has 0 aliphatic heterocycles. The fraction of sp³-hybridized carbons (Fsp3) is 0.286. The maximum atomic E-state index is 12.3. The number of rotatable bonds is 5. The highest BCUT2D eigenvalue weighted by atomic mass is 19.0. The van der Waals surface area contributed by atoms with Gasteiger partial charge in [0.15, 0.2) is 0 Å². The van der Waals surface area contributed by atoms with Crippen LogP contribution in [0.15, 0.2) is 42.5 Å². The van der Waals surface area contributed by atoms with Crippen LogP contribution in [0, 0.1) is 11.3 Å². The van der Waals surface area contributed by atoms with Gasteiger partial charge in [-0.1, -0.05) is 25.6 Å². The minimum atomic E-state index is -0.744. The van der Waals surface area contributed by atoms with Crippen molar-refractivity contribution < 1.29 is 19.4 Å². The monoisotopic (exact) mass is 374 g/mol. The summed E-state index contributed by atoms with van der Waals surface area (Å²) in [6, 6.07) is 12.7. The van der Waals surface area contributed by atoms with E-state index in [0.717, 1.165) is 30.5 Å². The fourth-order valence-corrected chi connectivity index (χ4v) is 3.26. The summed E-state index contributed by atoms with van der Waals surface area (Å²) in [5.74, 6) is -0.736. The summed E-state index contributed by atoms with van der Waals surface area (Å²) in [6.45, 7) is 0. The summed E-state index contributed by atoms with van der Waals surface area (Å²) in [4.78, 5) is 23.2. The highest BCUT2D eigenvalue weighted by molar-refractivity contribution is 6.04. The van der Waals surface area contributed by atoms with Gasteiger partial charge in [0.25, 0.3) is 7.36 Å². The van der Waals surface area contributed by atoms with E-state index in [-0.39, 0.29) is 25.7 Å². The first kappa shape index (κ1) is 20.3. The van der Waals surface area contributed by atoms with Gasteiger partial charge in [-0.25, -0.2) is 0 Å². The molecule has 144 valence electrons. The van der Waals surface area contributed by atoms with Crippen molar-refractivity contribution in [2.45, 2.75) is 33.1 Å². The summed E-state index contributed by atoms with van der Waals surface area (Å²) < 4.78 is 13.0. The number of amides is 1. The SMILES string of the molecule is C.N=Cc1ccc(C(=O)Nc2ccc3c(c2)CCC(CC(=O)O)C3)cc1.[3H]F. The van der Waals surface area contributed by atoms with Gasteiger partial charge >= 0.3 is 5.97 Å². The van der Waals surface area contributed by atoms with Gasteiger partial charge in [-0.15, -0.1) is 0 Å². The molecular weight excluding hydrogens is 347 g/mol. The first-order valence-corrected chi connectivity index (χ1v) is 8.30. The number of carboxylic acid groups (broad SMARTS) is 1. The number of aliphatic carboxylic acids is 1. The van der Waals surface area contributed by atoms with Gasteiger partial charge in [0, 0.05) is 23.9 Å². The molecule has 0 aromatic heterocycles. The second kappa shape index (κ2) is 9.62. The summed E-state index contributed by atoms with van der Waals surface area (Å²) in [7, 11) is 0. The number of carbonyl (C=O) groups excluding carboxylic acids is 1. The van der Waals surface area contributed by atoms with E-state index in [9.17, 15) is 9.59 Å². The van der Waals surface area contributed by atoms with Crippen LogP contribution in [0.4, 0.5) is 10.4 Å². The van der Waals surface area contributed by atoms with Gasteiger partial charge in [-0.05, 0) is 66.1 Å². The van der Waals surface area contributed by atoms with E-state index in [4.69, 9.17) is 15.2 Å². The molecular formula is C21H25FN2O3. The highest BCUT2D eigenvalue weighted by Crippen LogP contribution is 2.29. The molecule has 0 saturated carbocycles. The molecule has 1 amide bonds. The Morgan fingerprint density at radius 3 is 2.56 bits per heavy atom. The van der Waals surface area contributed by atoms with Gasteiger partial charge in [-0.2, -0.15) is 0 Å².